The Bertz CT molecular complexity index is 530. The van der Waals surface area contributed by atoms with Gasteiger partial charge in [-0.3, -0.25) is 4.90 Å². The number of benzene rings is 1. The van der Waals surface area contributed by atoms with E-state index < -0.39 is 0 Å². The first-order chi connectivity index (χ1) is 9.33. The molecule has 1 saturated heterocycles. The summed E-state index contributed by atoms with van der Waals surface area (Å²) < 4.78 is 1.47. The number of halogens is 1. The number of rotatable bonds is 3. The van der Waals surface area contributed by atoms with Gasteiger partial charge in [0.15, 0.2) is 0 Å². The minimum atomic E-state index is 0.902. The van der Waals surface area contributed by atoms with Crippen molar-refractivity contribution in [1.82, 2.24) is 14.2 Å². The fourth-order valence-electron chi connectivity index (χ4n) is 2.63. The van der Waals surface area contributed by atoms with Crippen LogP contribution < -0.4 is 0 Å². The summed E-state index contributed by atoms with van der Waals surface area (Å²) >= 11 is 6.18. The van der Waals surface area contributed by atoms with Gasteiger partial charge < -0.3 is 0 Å². The van der Waals surface area contributed by atoms with Gasteiger partial charge in [-0.15, -0.1) is 0 Å². The molecule has 3 rings (SSSR count). The van der Waals surface area contributed by atoms with Crippen molar-refractivity contribution in [2.24, 2.45) is 0 Å². The number of likely N-dealkylation sites (tertiary alicyclic amines) is 1. The minimum Gasteiger partial charge on any atom is -0.297 e. The Morgan fingerprint density at radius 2 is 1.79 bits per heavy atom. The average Bonchev–Trinajstić information content (AvgIpc) is 2.82. The van der Waals surface area contributed by atoms with Gasteiger partial charge in [0, 0.05) is 23.9 Å². The highest BCUT2D eigenvalue weighted by Crippen LogP contribution is 2.22. The quantitative estimate of drug-likeness (QED) is 0.854. The largest absolute Gasteiger partial charge is 0.297 e. The van der Waals surface area contributed by atoms with Crippen molar-refractivity contribution in [2.75, 3.05) is 13.1 Å². The van der Waals surface area contributed by atoms with Gasteiger partial charge in [0.1, 0.15) is 0 Å². The Morgan fingerprint density at radius 1 is 1.05 bits per heavy atom. The monoisotopic (exact) mass is 275 g/mol. The Hall–Kier alpha value is -1.32. The van der Waals surface area contributed by atoms with Crippen LogP contribution in [-0.2, 0) is 6.54 Å². The van der Waals surface area contributed by atoms with Crippen LogP contribution in [-0.4, -0.2) is 27.3 Å². The first-order valence-corrected chi connectivity index (χ1v) is 7.19. The van der Waals surface area contributed by atoms with E-state index in [1.54, 1.807) is 0 Å². The van der Waals surface area contributed by atoms with Crippen LogP contribution in [0.5, 0.6) is 0 Å². The summed E-state index contributed by atoms with van der Waals surface area (Å²) in [5.74, 6) is 0. The van der Waals surface area contributed by atoms with Crippen molar-refractivity contribution >= 4 is 11.8 Å². The molecule has 0 spiro atoms. The number of piperidine rings is 1. The predicted octanol–water partition coefficient (Wildman–Crippen LogP) is 3.54. The van der Waals surface area contributed by atoms with Crippen LogP contribution in [0.25, 0.3) is 11.3 Å². The van der Waals surface area contributed by atoms with E-state index in [0.717, 1.165) is 23.5 Å². The smallest absolute Gasteiger partial charge is 0.0874 e. The molecule has 0 N–H and O–H groups in total. The Balaban J connectivity index is 1.77. The number of aromatic nitrogens is 2. The number of hydrogen-bond acceptors (Lipinski definition) is 2. The van der Waals surface area contributed by atoms with Gasteiger partial charge >= 0.3 is 0 Å². The molecule has 4 heteroatoms. The van der Waals surface area contributed by atoms with E-state index in [4.69, 9.17) is 11.8 Å². The van der Waals surface area contributed by atoms with E-state index in [0.29, 0.717) is 0 Å². The van der Waals surface area contributed by atoms with E-state index in [9.17, 15) is 0 Å². The molecular weight excluding hydrogens is 258 g/mol. The molecule has 100 valence electrons. The first-order valence-electron chi connectivity index (χ1n) is 6.86. The van der Waals surface area contributed by atoms with E-state index in [1.807, 2.05) is 18.2 Å². The molecule has 1 aromatic carbocycles. The third-order valence-electron chi connectivity index (χ3n) is 3.62. The molecule has 0 amide bonds. The zero-order valence-corrected chi connectivity index (χ0v) is 11.7. The van der Waals surface area contributed by atoms with Gasteiger partial charge in [-0.05, 0) is 32.0 Å². The Kier molecular flexibility index (Phi) is 3.85. The van der Waals surface area contributed by atoms with Crippen LogP contribution >= 0.6 is 11.8 Å². The lowest BCUT2D eigenvalue weighted by atomic mass is 10.1. The zero-order chi connectivity index (χ0) is 13.1. The van der Waals surface area contributed by atoms with Crippen molar-refractivity contribution in [2.45, 2.75) is 25.8 Å². The lowest BCUT2D eigenvalue weighted by Crippen LogP contribution is -2.29. The molecule has 0 bridgehead atoms. The fourth-order valence-corrected chi connectivity index (χ4v) is 2.87. The van der Waals surface area contributed by atoms with Crippen molar-refractivity contribution in [3.63, 3.8) is 0 Å². The van der Waals surface area contributed by atoms with Gasteiger partial charge in [-0.1, -0.05) is 36.8 Å². The maximum Gasteiger partial charge on any atom is 0.0874 e. The van der Waals surface area contributed by atoms with Crippen LogP contribution in [0.3, 0.4) is 0 Å². The molecule has 1 aromatic heterocycles. The first kappa shape index (κ1) is 12.7. The summed E-state index contributed by atoms with van der Waals surface area (Å²) in [5.41, 5.74) is 3.12. The highest BCUT2D eigenvalue weighted by molar-refractivity contribution is 6.16. The molecule has 1 fully saturated rings. The number of nitrogens with zero attached hydrogens (tertiary/aromatic N) is 3. The Labute approximate surface area is 118 Å². The number of hydrogen-bond donors (Lipinski definition) is 0. The molecule has 2 aromatic rings. The van der Waals surface area contributed by atoms with Crippen molar-refractivity contribution in [3.8, 4) is 11.3 Å². The lowest BCUT2D eigenvalue weighted by molar-refractivity contribution is 0.218. The highest BCUT2D eigenvalue weighted by Gasteiger charge is 2.14. The van der Waals surface area contributed by atoms with Crippen molar-refractivity contribution in [3.05, 3.63) is 42.1 Å². The van der Waals surface area contributed by atoms with E-state index in [-0.39, 0.29) is 0 Å². The molecule has 3 nitrogen and oxygen atoms in total. The maximum absolute atomic E-state index is 6.18. The van der Waals surface area contributed by atoms with Gasteiger partial charge in [0.05, 0.1) is 11.4 Å². The van der Waals surface area contributed by atoms with Crippen LogP contribution in [0.4, 0.5) is 0 Å². The SMILES string of the molecule is Cln1nc(CN2CCCCC2)cc1-c1ccccc1. The summed E-state index contributed by atoms with van der Waals surface area (Å²) in [6, 6.07) is 12.2. The lowest BCUT2D eigenvalue weighted by Gasteiger charge is -2.25. The molecule has 0 saturated carbocycles. The van der Waals surface area contributed by atoms with Crippen molar-refractivity contribution in [1.29, 1.82) is 0 Å². The highest BCUT2D eigenvalue weighted by atomic mass is 35.5. The van der Waals surface area contributed by atoms with Crippen LogP contribution in [0.2, 0.25) is 0 Å². The third-order valence-corrected chi connectivity index (χ3v) is 3.88. The summed E-state index contributed by atoms with van der Waals surface area (Å²) in [6.45, 7) is 3.26. The second-order valence-electron chi connectivity index (χ2n) is 5.08. The van der Waals surface area contributed by atoms with Gasteiger partial charge in [0.25, 0.3) is 0 Å². The van der Waals surface area contributed by atoms with Gasteiger partial charge in [0.2, 0.25) is 0 Å². The molecule has 1 aliphatic heterocycles. The summed E-state index contributed by atoms with van der Waals surface area (Å²) in [5, 5.41) is 4.42. The maximum atomic E-state index is 6.18. The molecular formula is C15H18ClN3. The Morgan fingerprint density at radius 3 is 2.53 bits per heavy atom. The second-order valence-corrected chi connectivity index (χ2v) is 5.40. The van der Waals surface area contributed by atoms with Crippen molar-refractivity contribution < 1.29 is 0 Å². The van der Waals surface area contributed by atoms with Crippen LogP contribution in [0, 0.1) is 0 Å². The molecule has 0 unspecified atom stereocenters. The molecule has 0 aliphatic carbocycles. The topological polar surface area (TPSA) is 21.1 Å². The molecule has 0 radical (unpaired) electrons. The molecule has 0 atom stereocenters. The zero-order valence-electron chi connectivity index (χ0n) is 10.9. The summed E-state index contributed by atoms with van der Waals surface area (Å²) in [4.78, 5) is 2.46. The van der Waals surface area contributed by atoms with Crippen LogP contribution in [0.15, 0.2) is 36.4 Å². The fraction of sp³-hybridized carbons (Fsp3) is 0.400. The summed E-state index contributed by atoms with van der Waals surface area (Å²) in [7, 11) is 0. The normalized spacial score (nSPS) is 16.7. The van der Waals surface area contributed by atoms with E-state index >= 15 is 0 Å². The van der Waals surface area contributed by atoms with E-state index in [1.165, 1.54) is 36.6 Å². The standard InChI is InChI=1S/C15H18ClN3/c16-19-15(13-7-3-1-4-8-13)11-14(17-19)12-18-9-5-2-6-10-18/h1,3-4,7-8,11H,2,5-6,9-10,12H2. The van der Waals surface area contributed by atoms with E-state index in [2.05, 4.69) is 28.2 Å². The van der Waals surface area contributed by atoms with Crippen LogP contribution in [0.1, 0.15) is 25.0 Å². The second kappa shape index (κ2) is 5.76. The summed E-state index contributed by atoms with van der Waals surface area (Å²) in [6.07, 6.45) is 3.95. The third kappa shape index (κ3) is 2.99. The average molecular weight is 276 g/mol. The van der Waals surface area contributed by atoms with Gasteiger partial charge in [-0.2, -0.15) is 9.30 Å². The predicted molar refractivity (Wildman–Crippen MR) is 78.0 cm³/mol. The molecule has 2 heterocycles. The van der Waals surface area contributed by atoms with Gasteiger partial charge in [-0.25, -0.2) is 0 Å². The minimum absolute atomic E-state index is 0.902. The molecule has 1 aliphatic rings. The molecule has 19 heavy (non-hydrogen) atoms.